The van der Waals surface area contributed by atoms with E-state index in [1.807, 2.05) is 0 Å². The van der Waals surface area contributed by atoms with E-state index in [0.29, 0.717) is 17.1 Å². The molecule has 0 aromatic heterocycles. The van der Waals surface area contributed by atoms with Gasteiger partial charge in [0.15, 0.2) is 0 Å². The van der Waals surface area contributed by atoms with Crippen molar-refractivity contribution in [3.8, 4) is 5.75 Å². The highest BCUT2D eigenvalue weighted by Gasteiger charge is 2.31. The van der Waals surface area contributed by atoms with Gasteiger partial charge in [0, 0.05) is 11.3 Å². The number of thioether (sulfide) groups is 1. The lowest BCUT2D eigenvalue weighted by Gasteiger charge is -2.09. The van der Waals surface area contributed by atoms with Crippen LogP contribution < -0.4 is 4.74 Å². The summed E-state index contributed by atoms with van der Waals surface area (Å²) in [6, 6.07) is 5.60. The average molecular weight is 280 g/mol. The number of hydrogen-bond donors (Lipinski definition) is 1. The van der Waals surface area contributed by atoms with E-state index in [9.17, 15) is 18.0 Å². The second-order valence-electron chi connectivity index (χ2n) is 3.37. The Bertz CT molecular complexity index is 407. The van der Waals surface area contributed by atoms with Crippen LogP contribution in [0.2, 0.25) is 0 Å². The number of carbonyl (C=O) groups is 1. The SMILES string of the molecule is O=C(O)CCCSc1cccc(OC(F)(F)F)c1. The van der Waals surface area contributed by atoms with Gasteiger partial charge in [-0.2, -0.15) is 0 Å². The van der Waals surface area contributed by atoms with Crippen molar-refractivity contribution in [2.45, 2.75) is 24.1 Å². The zero-order valence-electron chi connectivity index (χ0n) is 9.24. The van der Waals surface area contributed by atoms with Gasteiger partial charge in [0.25, 0.3) is 0 Å². The van der Waals surface area contributed by atoms with E-state index >= 15 is 0 Å². The molecule has 18 heavy (non-hydrogen) atoms. The standard InChI is InChI=1S/C11H11F3O3S/c12-11(13,14)17-8-3-1-4-9(7-8)18-6-2-5-10(15)16/h1,3-4,7H,2,5-6H2,(H,15,16). The molecule has 0 saturated heterocycles. The Morgan fingerprint density at radius 2 is 2.11 bits per heavy atom. The average Bonchev–Trinajstić information content (AvgIpc) is 2.22. The third-order valence-electron chi connectivity index (χ3n) is 1.84. The van der Waals surface area contributed by atoms with Crippen LogP contribution >= 0.6 is 11.8 Å². The highest BCUT2D eigenvalue weighted by Crippen LogP contribution is 2.27. The summed E-state index contributed by atoms with van der Waals surface area (Å²) in [5.74, 6) is -0.627. The number of rotatable bonds is 6. The number of alkyl halides is 3. The van der Waals surface area contributed by atoms with Crippen molar-refractivity contribution in [2.24, 2.45) is 0 Å². The molecule has 0 heterocycles. The Morgan fingerprint density at radius 1 is 1.39 bits per heavy atom. The van der Waals surface area contributed by atoms with Crippen molar-refractivity contribution >= 4 is 17.7 Å². The first-order valence-corrected chi connectivity index (χ1v) is 6.06. The first kappa shape index (κ1) is 14.7. The topological polar surface area (TPSA) is 46.5 Å². The van der Waals surface area contributed by atoms with Gasteiger partial charge in [-0.15, -0.1) is 24.9 Å². The number of carboxylic acids is 1. The van der Waals surface area contributed by atoms with Crippen molar-refractivity contribution in [3.63, 3.8) is 0 Å². The fraction of sp³-hybridized carbons (Fsp3) is 0.364. The van der Waals surface area contributed by atoms with E-state index in [2.05, 4.69) is 4.74 Å². The van der Waals surface area contributed by atoms with E-state index in [4.69, 9.17) is 5.11 Å². The summed E-state index contributed by atoms with van der Waals surface area (Å²) >= 11 is 1.29. The van der Waals surface area contributed by atoms with Gasteiger partial charge in [0.05, 0.1) is 0 Å². The van der Waals surface area contributed by atoms with Crippen LogP contribution in [-0.2, 0) is 4.79 Å². The summed E-state index contributed by atoms with van der Waals surface area (Å²) in [6.07, 6.45) is -4.19. The van der Waals surface area contributed by atoms with Gasteiger partial charge in [-0.3, -0.25) is 4.79 Å². The first-order valence-electron chi connectivity index (χ1n) is 5.07. The summed E-state index contributed by atoms with van der Waals surface area (Å²) in [4.78, 5) is 10.9. The minimum Gasteiger partial charge on any atom is -0.481 e. The van der Waals surface area contributed by atoms with Crippen LogP contribution in [0, 0.1) is 0 Å². The summed E-state index contributed by atoms with van der Waals surface area (Å²) in [7, 11) is 0. The Labute approximate surface area is 106 Å². The van der Waals surface area contributed by atoms with E-state index in [1.165, 1.54) is 30.0 Å². The fourth-order valence-electron chi connectivity index (χ4n) is 1.17. The predicted molar refractivity (Wildman–Crippen MR) is 60.7 cm³/mol. The third kappa shape index (κ3) is 6.39. The molecule has 1 N–H and O–H groups in total. The zero-order chi connectivity index (χ0) is 13.6. The molecule has 3 nitrogen and oxygen atoms in total. The first-order chi connectivity index (χ1) is 8.37. The van der Waals surface area contributed by atoms with Crippen molar-refractivity contribution in [2.75, 3.05) is 5.75 Å². The fourth-order valence-corrected chi connectivity index (χ4v) is 2.07. The van der Waals surface area contributed by atoms with Crippen molar-refractivity contribution in [1.29, 1.82) is 0 Å². The minimum absolute atomic E-state index is 0.0474. The number of hydrogen-bond acceptors (Lipinski definition) is 3. The predicted octanol–water partition coefficient (Wildman–Crippen LogP) is 3.54. The quantitative estimate of drug-likeness (QED) is 0.639. The Hall–Kier alpha value is -1.37. The van der Waals surface area contributed by atoms with Crippen LogP contribution in [0.5, 0.6) is 5.75 Å². The summed E-state index contributed by atoms with van der Waals surface area (Å²) < 4.78 is 39.7. The Balaban J connectivity index is 2.47. The monoisotopic (exact) mass is 280 g/mol. The van der Waals surface area contributed by atoms with Crippen molar-refractivity contribution < 1.29 is 27.8 Å². The third-order valence-corrected chi connectivity index (χ3v) is 2.92. The number of aliphatic carboxylic acids is 1. The zero-order valence-corrected chi connectivity index (χ0v) is 10.1. The minimum atomic E-state index is -4.70. The van der Waals surface area contributed by atoms with Crippen molar-refractivity contribution in [3.05, 3.63) is 24.3 Å². The molecule has 0 aliphatic heterocycles. The molecule has 0 bridgehead atoms. The van der Waals surface area contributed by atoms with Crippen molar-refractivity contribution in [1.82, 2.24) is 0 Å². The lowest BCUT2D eigenvalue weighted by atomic mass is 10.3. The van der Waals surface area contributed by atoms with Gasteiger partial charge in [-0.1, -0.05) is 6.07 Å². The molecular weight excluding hydrogens is 269 g/mol. The lowest BCUT2D eigenvalue weighted by Crippen LogP contribution is -2.17. The Morgan fingerprint density at radius 3 is 2.72 bits per heavy atom. The molecule has 7 heteroatoms. The van der Waals surface area contributed by atoms with Gasteiger partial charge in [0.1, 0.15) is 5.75 Å². The molecule has 0 aliphatic carbocycles. The molecule has 1 aromatic rings. The van der Waals surface area contributed by atoms with Crippen LogP contribution in [0.15, 0.2) is 29.2 Å². The van der Waals surface area contributed by atoms with Crippen LogP contribution in [0.25, 0.3) is 0 Å². The van der Waals surface area contributed by atoms with E-state index < -0.39 is 12.3 Å². The number of benzene rings is 1. The molecule has 0 spiro atoms. The second-order valence-corrected chi connectivity index (χ2v) is 4.54. The van der Waals surface area contributed by atoms with E-state index in [0.717, 1.165) is 0 Å². The van der Waals surface area contributed by atoms with Gasteiger partial charge in [-0.25, -0.2) is 0 Å². The molecule has 0 radical (unpaired) electrons. The van der Waals surface area contributed by atoms with Gasteiger partial charge in [0.2, 0.25) is 0 Å². The van der Waals surface area contributed by atoms with Gasteiger partial charge >= 0.3 is 12.3 Å². The van der Waals surface area contributed by atoms with Crippen LogP contribution in [0.1, 0.15) is 12.8 Å². The molecule has 1 aromatic carbocycles. The summed E-state index contributed by atoms with van der Waals surface area (Å²) in [5.41, 5.74) is 0. The molecule has 100 valence electrons. The normalized spacial score (nSPS) is 11.3. The molecule has 0 atom stereocenters. The molecule has 0 unspecified atom stereocenters. The largest absolute Gasteiger partial charge is 0.573 e. The van der Waals surface area contributed by atoms with E-state index in [1.54, 1.807) is 6.07 Å². The number of halogens is 3. The molecule has 0 saturated carbocycles. The van der Waals surface area contributed by atoms with E-state index in [-0.39, 0.29) is 12.2 Å². The molecular formula is C11H11F3O3S. The molecule has 1 rings (SSSR count). The summed E-state index contributed by atoms with van der Waals surface area (Å²) in [6.45, 7) is 0. The van der Waals surface area contributed by atoms with Gasteiger partial charge < -0.3 is 9.84 Å². The number of carboxylic acid groups (broad SMARTS) is 1. The maximum Gasteiger partial charge on any atom is 0.573 e. The molecule has 0 aliphatic rings. The highest BCUT2D eigenvalue weighted by molar-refractivity contribution is 7.99. The van der Waals surface area contributed by atoms with Gasteiger partial charge in [-0.05, 0) is 30.4 Å². The van der Waals surface area contributed by atoms with Crippen LogP contribution in [0.3, 0.4) is 0 Å². The maximum atomic E-state index is 12.0. The Kier molecular flexibility index (Phi) is 5.33. The molecule has 0 fully saturated rings. The maximum absolute atomic E-state index is 12.0. The van der Waals surface area contributed by atoms with Crippen LogP contribution in [-0.4, -0.2) is 23.2 Å². The summed E-state index contributed by atoms with van der Waals surface area (Å²) in [5, 5.41) is 8.43. The smallest absolute Gasteiger partial charge is 0.481 e. The molecule has 0 amide bonds. The lowest BCUT2D eigenvalue weighted by molar-refractivity contribution is -0.274. The highest BCUT2D eigenvalue weighted by atomic mass is 32.2. The van der Waals surface area contributed by atoms with Crippen LogP contribution in [0.4, 0.5) is 13.2 Å². The second kappa shape index (κ2) is 6.53. The number of ether oxygens (including phenoxy) is 1.